The van der Waals surface area contributed by atoms with E-state index < -0.39 is 0 Å². The summed E-state index contributed by atoms with van der Waals surface area (Å²) in [6, 6.07) is 8.69. The minimum atomic E-state index is 0.581. The average molecular weight is 199 g/mol. The van der Waals surface area contributed by atoms with E-state index in [9.17, 15) is 0 Å². The molecule has 1 aliphatic heterocycles. The van der Waals surface area contributed by atoms with Gasteiger partial charge in [-0.15, -0.1) is 0 Å². The van der Waals surface area contributed by atoms with Crippen molar-refractivity contribution in [2.24, 2.45) is 4.99 Å². The molecule has 0 saturated heterocycles. The van der Waals surface area contributed by atoms with E-state index in [1.54, 1.807) is 0 Å². The Hall–Kier alpha value is -1.37. The van der Waals surface area contributed by atoms with E-state index in [1.807, 2.05) is 0 Å². The number of aliphatic imine (C=N–C) groups is 1. The molecule has 0 aromatic heterocycles. The van der Waals surface area contributed by atoms with Gasteiger partial charge >= 0.3 is 0 Å². The van der Waals surface area contributed by atoms with Gasteiger partial charge in [0.05, 0.1) is 5.70 Å². The first-order chi connectivity index (χ1) is 7.16. The first-order valence-corrected chi connectivity index (χ1v) is 5.51. The normalized spacial score (nSPS) is 15.5. The lowest BCUT2D eigenvalue weighted by molar-refractivity contribution is 0.866. The van der Waals surface area contributed by atoms with Gasteiger partial charge in [0.2, 0.25) is 0 Å². The van der Waals surface area contributed by atoms with Crippen molar-refractivity contribution in [2.45, 2.75) is 33.1 Å². The highest BCUT2D eigenvalue weighted by molar-refractivity contribution is 5.94. The minimum Gasteiger partial charge on any atom is -0.258 e. The number of rotatable bonds is 2. The van der Waals surface area contributed by atoms with Crippen LogP contribution in [-0.2, 0) is 0 Å². The molecule has 0 saturated carbocycles. The van der Waals surface area contributed by atoms with Crippen molar-refractivity contribution in [3.8, 4) is 0 Å². The summed E-state index contributed by atoms with van der Waals surface area (Å²) in [5.41, 5.74) is 4.97. The number of hydrogen-bond donors (Lipinski definition) is 0. The molecule has 0 unspecified atom stereocenters. The molecule has 1 aliphatic rings. The van der Waals surface area contributed by atoms with Crippen molar-refractivity contribution in [2.75, 3.05) is 0 Å². The minimum absolute atomic E-state index is 0.581. The van der Waals surface area contributed by atoms with E-state index in [4.69, 9.17) is 0 Å². The van der Waals surface area contributed by atoms with Gasteiger partial charge in [-0.1, -0.05) is 38.1 Å². The molecule has 1 aromatic rings. The fourth-order valence-electron chi connectivity index (χ4n) is 1.78. The Morgan fingerprint density at radius 1 is 1.27 bits per heavy atom. The monoisotopic (exact) mass is 199 g/mol. The maximum Gasteiger partial charge on any atom is 0.0665 e. The summed E-state index contributed by atoms with van der Waals surface area (Å²) in [5.74, 6) is 0.581. The lowest BCUT2D eigenvalue weighted by Gasteiger charge is -2.07. The fraction of sp³-hybridized carbons (Fsp3) is 0.357. The molecular weight excluding hydrogens is 182 g/mol. The molecule has 0 N–H and O–H groups in total. The quantitative estimate of drug-likeness (QED) is 0.682. The van der Waals surface area contributed by atoms with Crippen LogP contribution in [-0.4, -0.2) is 5.71 Å². The zero-order valence-corrected chi connectivity index (χ0v) is 9.62. The van der Waals surface area contributed by atoms with Crippen LogP contribution in [0.2, 0.25) is 0 Å². The molecule has 0 bridgehead atoms. The predicted octanol–water partition coefficient (Wildman–Crippen LogP) is 4.02. The average Bonchev–Trinajstić information content (AvgIpc) is 2.65. The summed E-state index contributed by atoms with van der Waals surface area (Å²) in [6.07, 6.45) is 3.20. The van der Waals surface area contributed by atoms with Gasteiger partial charge in [0.25, 0.3) is 0 Å². The highest BCUT2D eigenvalue weighted by Gasteiger charge is 2.08. The third kappa shape index (κ3) is 2.17. The first kappa shape index (κ1) is 10.2. The Labute approximate surface area is 91.6 Å². The van der Waals surface area contributed by atoms with Crippen molar-refractivity contribution in [3.63, 3.8) is 0 Å². The Bertz CT molecular complexity index is 425. The van der Waals surface area contributed by atoms with Crippen LogP contribution in [0.25, 0.3) is 5.70 Å². The van der Waals surface area contributed by atoms with Crippen LogP contribution < -0.4 is 0 Å². The third-order valence-electron chi connectivity index (χ3n) is 2.75. The van der Waals surface area contributed by atoms with Crippen molar-refractivity contribution in [3.05, 3.63) is 41.5 Å². The topological polar surface area (TPSA) is 12.4 Å². The van der Waals surface area contributed by atoms with Gasteiger partial charge in [0.15, 0.2) is 0 Å². The van der Waals surface area contributed by atoms with E-state index in [2.05, 4.69) is 56.1 Å². The van der Waals surface area contributed by atoms with E-state index >= 15 is 0 Å². The lowest BCUT2D eigenvalue weighted by Crippen LogP contribution is -1.89. The van der Waals surface area contributed by atoms with Crippen LogP contribution in [0, 0.1) is 0 Å². The first-order valence-electron chi connectivity index (χ1n) is 5.51. The van der Waals surface area contributed by atoms with Crippen LogP contribution >= 0.6 is 0 Å². The lowest BCUT2D eigenvalue weighted by atomic mass is 10.00. The molecule has 1 heteroatoms. The Morgan fingerprint density at radius 2 is 2.07 bits per heavy atom. The molecule has 2 rings (SSSR count). The zero-order chi connectivity index (χ0) is 10.8. The molecule has 1 aromatic carbocycles. The third-order valence-corrected chi connectivity index (χ3v) is 2.75. The van der Waals surface area contributed by atoms with Crippen LogP contribution in [0.1, 0.15) is 44.2 Å². The number of nitrogens with zero attached hydrogens (tertiary/aromatic N) is 1. The Morgan fingerprint density at radius 3 is 2.67 bits per heavy atom. The summed E-state index contributed by atoms with van der Waals surface area (Å²) in [5, 5.41) is 0. The molecule has 0 amide bonds. The van der Waals surface area contributed by atoms with Crippen molar-refractivity contribution in [1.82, 2.24) is 0 Å². The molecule has 1 nitrogen and oxygen atoms in total. The van der Waals surface area contributed by atoms with Crippen LogP contribution in [0.15, 0.2) is 35.3 Å². The molecule has 1 heterocycles. The highest BCUT2D eigenvalue weighted by atomic mass is 14.8. The van der Waals surface area contributed by atoms with Gasteiger partial charge in [0, 0.05) is 17.7 Å². The van der Waals surface area contributed by atoms with Gasteiger partial charge in [-0.25, -0.2) is 0 Å². The van der Waals surface area contributed by atoms with Crippen LogP contribution in [0.4, 0.5) is 0 Å². The summed E-state index contributed by atoms with van der Waals surface area (Å²) in [7, 11) is 0. The van der Waals surface area contributed by atoms with Crippen LogP contribution in [0.3, 0.4) is 0 Å². The number of benzene rings is 1. The second kappa shape index (κ2) is 4.01. The fourth-order valence-corrected chi connectivity index (χ4v) is 1.78. The molecule has 78 valence electrons. The summed E-state index contributed by atoms with van der Waals surface area (Å²) in [4.78, 5) is 4.54. The van der Waals surface area contributed by atoms with Gasteiger partial charge in [-0.2, -0.15) is 0 Å². The SMILES string of the molecule is CC1=NC(c2cccc(C(C)C)c2)=CC1. The smallest absolute Gasteiger partial charge is 0.0665 e. The predicted molar refractivity (Wildman–Crippen MR) is 66.2 cm³/mol. The second-order valence-corrected chi connectivity index (χ2v) is 4.42. The molecule has 0 radical (unpaired) electrons. The van der Waals surface area contributed by atoms with E-state index in [0.717, 1.165) is 12.1 Å². The van der Waals surface area contributed by atoms with Gasteiger partial charge < -0.3 is 0 Å². The van der Waals surface area contributed by atoms with E-state index in [1.165, 1.54) is 16.8 Å². The Balaban J connectivity index is 2.34. The Kier molecular flexibility index (Phi) is 2.72. The number of allylic oxidation sites excluding steroid dienone is 1. The van der Waals surface area contributed by atoms with Crippen molar-refractivity contribution >= 4 is 11.4 Å². The largest absolute Gasteiger partial charge is 0.258 e. The molecular formula is C14H17N. The van der Waals surface area contributed by atoms with Gasteiger partial charge in [-0.3, -0.25) is 4.99 Å². The molecule has 15 heavy (non-hydrogen) atoms. The molecule has 0 atom stereocenters. The van der Waals surface area contributed by atoms with Gasteiger partial charge in [-0.05, 0) is 24.5 Å². The van der Waals surface area contributed by atoms with Gasteiger partial charge in [0.1, 0.15) is 0 Å². The molecule has 0 spiro atoms. The summed E-state index contributed by atoms with van der Waals surface area (Å²) < 4.78 is 0. The van der Waals surface area contributed by atoms with E-state index in [0.29, 0.717) is 5.92 Å². The van der Waals surface area contributed by atoms with E-state index in [-0.39, 0.29) is 0 Å². The zero-order valence-electron chi connectivity index (χ0n) is 9.62. The standard InChI is InChI=1S/C14H17N/c1-10(2)12-5-4-6-13(9-12)14-8-7-11(3)15-14/h4-6,8-10H,7H2,1-3H3. The van der Waals surface area contributed by atoms with Crippen molar-refractivity contribution in [1.29, 1.82) is 0 Å². The molecule has 0 aliphatic carbocycles. The number of hydrogen-bond acceptors (Lipinski definition) is 1. The van der Waals surface area contributed by atoms with Crippen LogP contribution in [0.5, 0.6) is 0 Å². The maximum atomic E-state index is 4.54. The highest BCUT2D eigenvalue weighted by Crippen LogP contribution is 2.25. The maximum absolute atomic E-state index is 4.54. The second-order valence-electron chi connectivity index (χ2n) is 4.42. The summed E-state index contributed by atoms with van der Waals surface area (Å²) >= 11 is 0. The molecule has 0 fully saturated rings. The summed E-state index contributed by atoms with van der Waals surface area (Å²) in [6.45, 7) is 6.52. The van der Waals surface area contributed by atoms with Crippen molar-refractivity contribution < 1.29 is 0 Å².